The molecule has 0 aliphatic heterocycles. The predicted molar refractivity (Wildman–Crippen MR) is 78.1 cm³/mol. The van der Waals surface area contributed by atoms with Gasteiger partial charge in [0.1, 0.15) is 5.75 Å². The molecule has 0 spiro atoms. The Morgan fingerprint density at radius 1 is 1.37 bits per heavy atom. The summed E-state index contributed by atoms with van der Waals surface area (Å²) in [5, 5.41) is 0. The molecule has 1 aromatic rings. The van der Waals surface area contributed by atoms with Crippen LogP contribution in [0.4, 0.5) is 0 Å². The van der Waals surface area contributed by atoms with Crippen LogP contribution in [0.1, 0.15) is 52.0 Å². The largest absolute Gasteiger partial charge is 0.492 e. The first-order valence-electron chi connectivity index (χ1n) is 7.42. The van der Waals surface area contributed by atoms with Gasteiger partial charge in [-0.05, 0) is 49.1 Å². The van der Waals surface area contributed by atoms with E-state index in [-0.39, 0.29) is 5.54 Å². The summed E-state index contributed by atoms with van der Waals surface area (Å²) in [5.74, 6) is 2.28. The zero-order valence-electron chi connectivity index (χ0n) is 12.4. The molecular formula is C16H26N2O. The van der Waals surface area contributed by atoms with E-state index in [1.54, 1.807) is 6.20 Å². The number of nitrogens with zero attached hydrogens (tertiary/aromatic N) is 1. The molecule has 0 aromatic carbocycles. The average molecular weight is 262 g/mol. The molecule has 1 aliphatic carbocycles. The van der Waals surface area contributed by atoms with E-state index in [2.05, 4.69) is 31.8 Å². The number of pyridine rings is 1. The normalized spacial score (nSPS) is 31.2. The van der Waals surface area contributed by atoms with E-state index in [1.807, 2.05) is 6.20 Å². The topological polar surface area (TPSA) is 48.1 Å². The first kappa shape index (κ1) is 14.3. The first-order valence-corrected chi connectivity index (χ1v) is 7.42. The van der Waals surface area contributed by atoms with Crippen LogP contribution in [0.3, 0.4) is 0 Å². The van der Waals surface area contributed by atoms with Crippen molar-refractivity contribution in [1.82, 2.24) is 4.98 Å². The highest BCUT2D eigenvalue weighted by Crippen LogP contribution is 2.41. The van der Waals surface area contributed by atoms with Crippen LogP contribution in [0, 0.1) is 11.8 Å². The summed E-state index contributed by atoms with van der Waals surface area (Å²) in [6.07, 6.45) is 7.95. The van der Waals surface area contributed by atoms with Gasteiger partial charge in [-0.1, -0.05) is 20.8 Å². The summed E-state index contributed by atoms with van der Waals surface area (Å²) >= 11 is 0. The van der Waals surface area contributed by atoms with Crippen molar-refractivity contribution >= 4 is 0 Å². The Bertz CT molecular complexity index is 421. The van der Waals surface area contributed by atoms with E-state index >= 15 is 0 Å². The molecule has 19 heavy (non-hydrogen) atoms. The monoisotopic (exact) mass is 262 g/mol. The van der Waals surface area contributed by atoms with Gasteiger partial charge in [0.05, 0.1) is 12.8 Å². The van der Waals surface area contributed by atoms with Crippen LogP contribution in [0.5, 0.6) is 5.75 Å². The minimum absolute atomic E-state index is 0.232. The van der Waals surface area contributed by atoms with Gasteiger partial charge >= 0.3 is 0 Å². The molecule has 0 bridgehead atoms. The lowest BCUT2D eigenvalue weighted by molar-refractivity contribution is 0.176. The maximum Gasteiger partial charge on any atom is 0.137 e. The molecule has 2 rings (SSSR count). The average Bonchev–Trinajstić information content (AvgIpc) is 2.41. The van der Waals surface area contributed by atoms with Crippen molar-refractivity contribution in [2.75, 3.05) is 6.61 Å². The van der Waals surface area contributed by atoms with Gasteiger partial charge in [-0.15, -0.1) is 0 Å². The third-order valence-electron chi connectivity index (χ3n) is 4.46. The Balaban J connectivity index is 2.16. The van der Waals surface area contributed by atoms with Gasteiger partial charge in [-0.3, -0.25) is 4.98 Å². The highest BCUT2D eigenvalue weighted by atomic mass is 16.5. The molecule has 3 unspecified atom stereocenters. The van der Waals surface area contributed by atoms with Crippen LogP contribution in [0.15, 0.2) is 18.5 Å². The molecule has 1 aromatic heterocycles. The quantitative estimate of drug-likeness (QED) is 0.903. The highest BCUT2D eigenvalue weighted by Gasteiger charge is 2.36. The molecule has 1 heterocycles. The molecular weight excluding hydrogens is 236 g/mol. The lowest BCUT2D eigenvalue weighted by Gasteiger charge is -2.40. The second kappa shape index (κ2) is 5.91. The van der Waals surface area contributed by atoms with Crippen molar-refractivity contribution in [3.05, 3.63) is 24.0 Å². The van der Waals surface area contributed by atoms with Crippen LogP contribution in [-0.2, 0) is 5.54 Å². The molecule has 3 heteroatoms. The van der Waals surface area contributed by atoms with Gasteiger partial charge in [-0.2, -0.15) is 0 Å². The molecule has 106 valence electrons. The summed E-state index contributed by atoms with van der Waals surface area (Å²) in [6, 6.07) is 2.07. The molecule has 0 radical (unpaired) electrons. The van der Waals surface area contributed by atoms with Crippen molar-refractivity contribution in [3.8, 4) is 5.75 Å². The Labute approximate surface area is 116 Å². The van der Waals surface area contributed by atoms with Crippen molar-refractivity contribution in [1.29, 1.82) is 0 Å². The molecule has 0 amide bonds. The Morgan fingerprint density at radius 3 is 2.84 bits per heavy atom. The predicted octanol–water partition coefficient (Wildman–Crippen LogP) is 3.48. The Kier molecular flexibility index (Phi) is 4.46. The van der Waals surface area contributed by atoms with Crippen LogP contribution in [0.2, 0.25) is 0 Å². The van der Waals surface area contributed by atoms with Crippen molar-refractivity contribution < 1.29 is 4.74 Å². The maximum absolute atomic E-state index is 6.64. The van der Waals surface area contributed by atoms with Crippen molar-refractivity contribution in [2.45, 2.75) is 52.0 Å². The van der Waals surface area contributed by atoms with Crippen molar-refractivity contribution in [2.24, 2.45) is 17.6 Å². The number of rotatable bonds is 4. The lowest BCUT2D eigenvalue weighted by atomic mass is 9.69. The van der Waals surface area contributed by atoms with E-state index in [0.717, 1.165) is 43.1 Å². The summed E-state index contributed by atoms with van der Waals surface area (Å²) in [5.41, 5.74) is 7.53. The first-order chi connectivity index (χ1) is 9.05. The minimum atomic E-state index is -0.232. The summed E-state index contributed by atoms with van der Waals surface area (Å²) in [4.78, 5) is 4.30. The Hall–Kier alpha value is -1.09. The van der Waals surface area contributed by atoms with Gasteiger partial charge in [0.25, 0.3) is 0 Å². The number of aromatic nitrogens is 1. The second-order valence-corrected chi connectivity index (χ2v) is 6.11. The molecule has 0 saturated heterocycles. The van der Waals surface area contributed by atoms with Crippen LogP contribution >= 0.6 is 0 Å². The molecule has 3 nitrogen and oxygen atoms in total. The number of ether oxygens (including phenoxy) is 1. The number of hydrogen-bond donors (Lipinski definition) is 1. The standard InChI is InChI=1S/C16H26N2O/c1-4-7-19-15-8-14(10-18-11-15)16(17)6-5-12(2)13(3)9-16/h8,10-13H,4-7,9,17H2,1-3H3. The third kappa shape index (κ3) is 3.27. The van der Waals surface area contributed by atoms with E-state index in [1.165, 1.54) is 6.42 Å². The van der Waals surface area contributed by atoms with E-state index in [0.29, 0.717) is 5.92 Å². The minimum Gasteiger partial charge on any atom is -0.492 e. The van der Waals surface area contributed by atoms with Gasteiger partial charge in [0, 0.05) is 11.7 Å². The fourth-order valence-electron chi connectivity index (χ4n) is 2.90. The van der Waals surface area contributed by atoms with E-state index in [9.17, 15) is 0 Å². The summed E-state index contributed by atoms with van der Waals surface area (Å²) in [7, 11) is 0. The molecule has 3 atom stereocenters. The Morgan fingerprint density at radius 2 is 2.16 bits per heavy atom. The van der Waals surface area contributed by atoms with Gasteiger partial charge in [0.15, 0.2) is 0 Å². The molecule has 1 aliphatic rings. The van der Waals surface area contributed by atoms with E-state index < -0.39 is 0 Å². The summed E-state index contributed by atoms with van der Waals surface area (Å²) < 4.78 is 5.66. The smallest absolute Gasteiger partial charge is 0.137 e. The maximum atomic E-state index is 6.64. The molecule has 1 fully saturated rings. The van der Waals surface area contributed by atoms with Crippen LogP contribution in [-0.4, -0.2) is 11.6 Å². The van der Waals surface area contributed by atoms with E-state index in [4.69, 9.17) is 10.5 Å². The van der Waals surface area contributed by atoms with Crippen molar-refractivity contribution in [3.63, 3.8) is 0 Å². The zero-order valence-corrected chi connectivity index (χ0v) is 12.4. The highest BCUT2D eigenvalue weighted by molar-refractivity contribution is 5.29. The zero-order chi connectivity index (χ0) is 13.9. The molecule has 2 N–H and O–H groups in total. The number of nitrogens with two attached hydrogens (primary N) is 1. The van der Waals surface area contributed by atoms with Gasteiger partial charge in [0.2, 0.25) is 0 Å². The second-order valence-electron chi connectivity index (χ2n) is 6.11. The molecule has 1 saturated carbocycles. The van der Waals surface area contributed by atoms with Crippen LogP contribution in [0.25, 0.3) is 0 Å². The number of hydrogen-bond acceptors (Lipinski definition) is 3. The fourth-order valence-corrected chi connectivity index (χ4v) is 2.90. The lowest BCUT2D eigenvalue weighted by Crippen LogP contribution is -2.43. The van der Waals surface area contributed by atoms with Gasteiger partial charge < -0.3 is 10.5 Å². The fraction of sp³-hybridized carbons (Fsp3) is 0.688. The van der Waals surface area contributed by atoms with Gasteiger partial charge in [-0.25, -0.2) is 0 Å². The third-order valence-corrected chi connectivity index (χ3v) is 4.46. The SMILES string of the molecule is CCCOc1cncc(C2(N)CCC(C)C(C)C2)c1. The van der Waals surface area contributed by atoms with Crippen LogP contribution < -0.4 is 10.5 Å². The summed E-state index contributed by atoms with van der Waals surface area (Å²) in [6.45, 7) is 7.46.